The predicted octanol–water partition coefficient (Wildman–Crippen LogP) is 4.57. The zero-order chi connectivity index (χ0) is 20.0. The fraction of sp³-hybridized carbons (Fsp3) is 0.190. The summed E-state index contributed by atoms with van der Waals surface area (Å²) < 4.78 is 13.5. The van der Waals surface area contributed by atoms with Crippen molar-refractivity contribution in [3.05, 3.63) is 65.6 Å². The Labute approximate surface area is 171 Å². The maximum Gasteiger partial charge on any atom is 0.329 e. The van der Waals surface area contributed by atoms with Crippen LogP contribution < -0.4 is 15.1 Å². The molecule has 2 aliphatic rings. The molecule has 5 rings (SSSR count). The molecule has 1 atom stereocenters. The molecule has 3 aromatic rings. The summed E-state index contributed by atoms with van der Waals surface area (Å²) in [5.41, 5.74) is 2.23. The molecule has 0 radical (unpaired) electrons. The SMILES string of the molecule is O=C(Nc1ccccn1)N1c2nc(-c3ccc(F)c(Cl)c3)ccc2N2CC[C@H]1C2. The number of nitrogens with one attached hydrogen (secondary N) is 1. The third-order valence-electron chi connectivity index (χ3n) is 5.29. The topological polar surface area (TPSA) is 61.4 Å². The lowest BCUT2D eigenvalue weighted by Crippen LogP contribution is -2.48. The average Bonchev–Trinajstić information content (AvgIpc) is 3.15. The number of carbonyl (C=O) groups is 1. The van der Waals surface area contributed by atoms with Gasteiger partial charge in [-0.05, 0) is 48.9 Å². The Morgan fingerprint density at radius 2 is 2.10 bits per heavy atom. The molecule has 0 unspecified atom stereocenters. The number of pyridine rings is 2. The molecule has 0 saturated carbocycles. The number of benzene rings is 1. The third-order valence-corrected chi connectivity index (χ3v) is 5.58. The standard InChI is InChI=1S/C21H17ClFN5O/c22-15-11-13(4-5-16(15)23)17-6-7-18-20(25-17)28(14-8-10-27(18)12-14)21(29)26-19-3-1-2-9-24-19/h1-7,9,11,14H,8,10,12H2,(H,24,26,29)/t14-/m0/s1. The van der Waals surface area contributed by atoms with Gasteiger partial charge < -0.3 is 4.90 Å². The fourth-order valence-corrected chi connectivity index (χ4v) is 4.07. The highest BCUT2D eigenvalue weighted by Crippen LogP contribution is 2.40. The van der Waals surface area contributed by atoms with E-state index < -0.39 is 5.82 Å². The van der Waals surface area contributed by atoms with Crippen LogP contribution in [0.3, 0.4) is 0 Å². The van der Waals surface area contributed by atoms with Crippen molar-refractivity contribution in [2.45, 2.75) is 12.5 Å². The van der Waals surface area contributed by atoms with Gasteiger partial charge in [0.05, 0.1) is 22.4 Å². The van der Waals surface area contributed by atoms with Crippen molar-refractivity contribution in [2.24, 2.45) is 0 Å². The summed E-state index contributed by atoms with van der Waals surface area (Å²) in [6.07, 6.45) is 2.50. The zero-order valence-corrected chi connectivity index (χ0v) is 16.1. The summed E-state index contributed by atoms with van der Waals surface area (Å²) in [5, 5.41) is 2.90. The van der Waals surface area contributed by atoms with E-state index in [0.29, 0.717) is 22.9 Å². The Balaban J connectivity index is 1.54. The van der Waals surface area contributed by atoms with Crippen molar-refractivity contribution in [1.82, 2.24) is 9.97 Å². The van der Waals surface area contributed by atoms with Gasteiger partial charge in [0.2, 0.25) is 0 Å². The quantitative estimate of drug-likeness (QED) is 0.673. The number of aromatic nitrogens is 2. The van der Waals surface area contributed by atoms with Crippen molar-refractivity contribution in [3.8, 4) is 11.3 Å². The molecule has 1 N–H and O–H groups in total. The summed E-state index contributed by atoms with van der Waals surface area (Å²) in [7, 11) is 0. The highest BCUT2D eigenvalue weighted by atomic mass is 35.5. The molecule has 6 nitrogen and oxygen atoms in total. The van der Waals surface area contributed by atoms with E-state index in [9.17, 15) is 9.18 Å². The highest BCUT2D eigenvalue weighted by Gasteiger charge is 2.40. The first-order chi connectivity index (χ1) is 14.1. The number of anilines is 3. The van der Waals surface area contributed by atoms with Gasteiger partial charge in [-0.25, -0.2) is 19.2 Å². The van der Waals surface area contributed by atoms with Crippen LogP contribution in [0.15, 0.2) is 54.7 Å². The van der Waals surface area contributed by atoms with Crippen LogP contribution in [0.4, 0.5) is 26.5 Å². The highest BCUT2D eigenvalue weighted by molar-refractivity contribution is 6.31. The number of halogens is 2. The van der Waals surface area contributed by atoms with Crippen LogP contribution in [0.1, 0.15) is 6.42 Å². The van der Waals surface area contributed by atoms with Crippen molar-refractivity contribution >= 4 is 35.0 Å². The van der Waals surface area contributed by atoms with Gasteiger partial charge in [0.1, 0.15) is 11.6 Å². The second-order valence-corrected chi connectivity index (χ2v) is 7.48. The second-order valence-electron chi connectivity index (χ2n) is 7.07. The zero-order valence-electron chi connectivity index (χ0n) is 15.3. The number of urea groups is 1. The third kappa shape index (κ3) is 3.17. The molecule has 146 valence electrons. The van der Waals surface area contributed by atoms with Crippen LogP contribution in [0, 0.1) is 5.82 Å². The molecular formula is C21H17ClFN5O. The van der Waals surface area contributed by atoms with Crippen molar-refractivity contribution < 1.29 is 9.18 Å². The molecule has 2 bridgehead atoms. The Hall–Kier alpha value is -3.19. The lowest BCUT2D eigenvalue weighted by Gasteiger charge is -2.35. The lowest BCUT2D eigenvalue weighted by atomic mass is 10.1. The van der Waals surface area contributed by atoms with Crippen LogP contribution in [0.5, 0.6) is 0 Å². The molecule has 0 spiro atoms. The maximum atomic E-state index is 13.5. The van der Waals surface area contributed by atoms with E-state index in [2.05, 4.69) is 15.2 Å². The number of hydrogen-bond acceptors (Lipinski definition) is 4. The molecule has 0 aliphatic carbocycles. The molecule has 1 fully saturated rings. The molecule has 4 heterocycles. The maximum absolute atomic E-state index is 13.5. The van der Waals surface area contributed by atoms with Crippen molar-refractivity contribution in [1.29, 1.82) is 0 Å². The molecule has 2 amide bonds. The van der Waals surface area contributed by atoms with Crippen LogP contribution in [0.25, 0.3) is 11.3 Å². The van der Waals surface area contributed by atoms with E-state index in [4.69, 9.17) is 16.6 Å². The molecule has 8 heteroatoms. The van der Waals surface area contributed by atoms with Gasteiger partial charge in [0.25, 0.3) is 0 Å². The number of carbonyl (C=O) groups excluding carboxylic acids is 1. The van der Waals surface area contributed by atoms with Gasteiger partial charge in [0.15, 0.2) is 5.82 Å². The lowest BCUT2D eigenvalue weighted by molar-refractivity contribution is 0.254. The van der Waals surface area contributed by atoms with Crippen LogP contribution in [-0.2, 0) is 0 Å². The van der Waals surface area contributed by atoms with Gasteiger partial charge in [-0.2, -0.15) is 0 Å². The number of hydrogen-bond donors (Lipinski definition) is 1. The number of nitrogens with zero attached hydrogens (tertiary/aromatic N) is 4. The predicted molar refractivity (Wildman–Crippen MR) is 111 cm³/mol. The first-order valence-corrected chi connectivity index (χ1v) is 9.70. The van der Waals surface area contributed by atoms with Crippen LogP contribution in [-0.4, -0.2) is 35.1 Å². The largest absolute Gasteiger partial charge is 0.366 e. The summed E-state index contributed by atoms with van der Waals surface area (Å²) in [6.45, 7) is 1.64. The Kier molecular flexibility index (Phi) is 4.32. The number of amides is 2. The molecule has 2 aliphatic heterocycles. The van der Waals surface area contributed by atoms with E-state index in [1.807, 2.05) is 18.2 Å². The minimum Gasteiger partial charge on any atom is -0.366 e. The minimum absolute atomic E-state index is 0.0331. The first kappa shape index (κ1) is 17.9. The average molecular weight is 410 g/mol. The minimum atomic E-state index is -0.478. The smallest absolute Gasteiger partial charge is 0.329 e. The monoisotopic (exact) mass is 409 g/mol. The number of fused-ring (bicyclic) bond motifs is 4. The van der Waals surface area contributed by atoms with Gasteiger partial charge >= 0.3 is 6.03 Å². The van der Waals surface area contributed by atoms with Gasteiger partial charge in [-0.15, -0.1) is 0 Å². The summed E-state index contributed by atoms with van der Waals surface area (Å²) >= 11 is 5.94. The molecule has 29 heavy (non-hydrogen) atoms. The Morgan fingerprint density at radius 3 is 2.90 bits per heavy atom. The molecule has 1 saturated heterocycles. The van der Waals surface area contributed by atoms with Gasteiger partial charge in [-0.3, -0.25) is 10.2 Å². The second kappa shape index (κ2) is 7.00. The summed E-state index contributed by atoms with van der Waals surface area (Å²) in [5.74, 6) is 0.597. The van der Waals surface area contributed by atoms with Crippen molar-refractivity contribution in [3.63, 3.8) is 0 Å². The fourth-order valence-electron chi connectivity index (χ4n) is 3.89. The van der Waals surface area contributed by atoms with Gasteiger partial charge in [0, 0.05) is 24.8 Å². The molecule has 1 aromatic carbocycles. The van der Waals surface area contributed by atoms with Crippen LogP contribution in [0.2, 0.25) is 5.02 Å². The normalized spacial score (nSPS) is 17.2. The van der Waals surface area contributed by atoms with E-state index in [-0.39, 0.29) is 17.1 Å². The van der Waals surface area contributed by atoms with Crippen molar-refractivity contribution in [2.75, 3.05) is 28.2 Å². The van der Waals surface area contributed by atoms with E-state index in [1.165, 1.54) is 6.07 Å². The van der Waals surface area contributed by atoms with E-state index >= 15 is 0 Å². The van der Waals surface area contributed by atoms with E-state index in [1.54, 1.807) is 35.4 Å². The summed E-state index contributed by atoms with van der Waals surface area (Å²) in [4.78, 5) is 26.0. The molecular weight excluding hydrogens is 393 g/mol. The van der Waals surface area contributed by atoms with Gasteiger partial charge in [-0.1, -0.05) is 17.7 Å². The molecule has 2 aromatic heterocycles. The summed E-state index contributed by atoms with van der Waals surface area (Å²) in [6, 6.07) is 13.4. The Bertz CT molecular complexity index is 1090. The first-order valence-electron chi connectivity index (χ1n) is 9.33. The van der Waals surface area contributed by atoms with Crippen LogP contribution >= 0.6 is 11.6 Å². The Morgan fingerprint density at radius 1 is 1.21 bits per heavy atom. The van der Waals surface area contributed by atoms with E-state index in [0.717, 1.165) is 25.2 Å². The number of rotatable bonds is 2.